The predicted octanol–water partition coefficient (Wildman–Crippen LogP) is 3.58. The van der Waals surface area contributed by atoms with Crippen molar-refractivity contribution >= 4 is 11.6 Å². The lowest BCUT2D eigenvalue weighted by Crippen LogP contribution is -2.02. The summed E-state index contributed by atoms with van der Waals surface area (Å²) in [6.07, 6.45) is 1.60. The predicted molar refractivity (Wildman–Crippen MR) is 74.0 cm³/mol. The molecule has 0 N–H and O–H groups in total. The minimum Gasteiger partial charge on any atom is -0.488 e. The number of hydrogen-bond donors (Lipinski definition) is 0. The average molecular weight is 273 g/mol. The third-order valence-electron chi connectivity index (χ3n) is 2.81. The molecule has 0 atom stereocenters. The first-order valence-electron chi connectivity index (χ1n) is 5.87. The van der Waals surface area contributed by atoms with Crippen LogP contribution in [0.2, 0.25) is 0 Å². The van der Waals surface area contributed by atoms with E-state index in [1.807, 2.05) is 31.2 Å². The maximum absolute atomic E-state index is 8.98. The van der Waals surface area contributed by atoms with Gasteiger partial charge in [-0.05, 0) is 18.6 Å². The molecule has 1 aromatic carbocycles. The third kappa shape index (κ3) is 3.04. The van der Waals surface area contributed by atoms with Gasteiger partial charge in [0.2, 0.25) is 0 Å². The van der Waals surface area contributed by atoms with E-state index in [2.05, 4.69) is 11.1 Å². The van der Waals surface area contributed by atoms with Crippen LogP contribution in [0.1, 0.15) is 22.4 Å². The van der Waals surface area contributed by atoms with E-state index < -0.39 is 0 Å². The molecule has 0 radical (unpaired) electrons. The molecule has 0 aliphatic rings. The van der Waals surface area contributed by atoms with Gasteiger partial charge in [0, 0.05) is 17.3 Å². The summed E-state index contributed by atoms with van der Waals surface area (Å²) in [5.74, 6) is 1.18. The van der Waals surface area contributed by atoms with Gasteiger partial charge in [-0.2, -0.15) is 5.26 Å². The van der Waals surface area contributed by atoms with Gasteiger partial charge in [-0.15, -0.1) is 11.6 Å². The number of benzene rings is 1. The molecule has 0 spiro atoms. The molecule has 1 aromatic heterocycles. The Morgan fingerprint density at radius 2 is 2.05 bits per heavy atom. The normalized spacial score (nSPS) is 9.95. The maximum atomic E-state index is 8.98. The number of hydrogen-bond acceptors (Lipinski definition) is 3. The van der Waals surface area contributed by atoms with E-state index in [1.54, 1.807) is 12.3 Å². The molecule has 0 bridgehead atoms. The molecule has 2 aromatic rings. The molecule has 0 amide bonds. The first kappa shape index (κ1) is 13.4. The van der Waals surface area contributed by atoms with Crippen LogP contribution >= 0.6 is 11.6 Å². The van der Waals surface area contributed by atoms with Crippen LogP contribution in [-0.2, 0) is 12.5 Å². The van der Waals surface area contributed by atoms with Crippen molar-refractivity contribution in [3.63, 3.8) is 0 Å². The number of nitriles is 1. The van der Waals surface area contributed by atoms with Crippen molar-refractivity contribution in [2.24, 2.45) is 0 Å². The van der Waals surface area contributed by atoms with Gasteiger partial charge in [-0.1, -0.05) is 24.3 Å². The van der Waals surface area contributed by atoms with Crippen LogP contribution in [0, 0.1) is 18.3 Å². The van der Waals surface area contributed by atoms with Gasteiger partial charge in [0.15, 0.2) is 0 Å². The van der Waals surface area contributed by atoms with Gasteiger partial charge in [0.25, 0.3) is 0 Å². The molecular formula is C15H13ClN2O. The Kier molecular flexibility index (Phi) is 4.38. The lowest BCUT2D eigenvalue weighted by Gasteiger charge is -2.13. The average Bonchev–Trinajstić information content (AvgIpc) is 2.46. The smallest absolute Gasteiger partial charge is 0.147 e. The molecular weight excluding hydrogens is 260 g/mol. The van der Waals surface area contributed by atoms with Crippen LogP contribution in [0.3, 0.4) is 0 Å². The summed E-state index contributed by atoms with van der Waals surface area (Å²) in [6.45, 7) is 2.28. The Hall–Kier alpha value is -2.05. The molecule has 4 heteroatoms. The summed E-state index contributed by atoms with van der Waals surface area (Å²) >= 11 is 5.90. The van der Waals surface area contributed by atoms with Crippen molar-refractivity contribution in [1.82, 2.24) is 4.98 Å². The summed E-state index contributed by atoms with van der Waals surface area (Å²) in [5, 5.41) is 8.98. The summed E-state index contributed by atoms with van der Waals surface area (Å²) in [6, 6.07) is 11.5. The molecule has 19 heavy (non-hydrogen) atoms. The fraction of sp³-hybridized carbons (Fsp3) is 0.200. The Labute approximate surface area is 117 Å². The summed E-state index contributed by atoms with van der Waals surface area (Å²) in [7, 11) is 0. The van der Waals surface area contributed by atoms with Crippen molar-refractivity contribution < 1.29 is 4.74 Å². The van der Waals surface area contributed by atoms with Gasteiger partial charge in [-0.25, -0.2) is 4.98 Å². The molecule has 0 saturated heterocycles. The van der Waals surface area contributed by atoms with Gasteiger partial charge >= 0.3 is 0 Å². The molecule has 0 saturated carbocycles. The summed E-state index contributed by atoms with van der Waals surface area (Å²) in [5.41, 5.74) is 3.14. The number of nitrogens with zero attached hydrogens (tertiary/aromatic N) is 2. The van der Waals surface area contributed by atoms with Crippen LogP contribution in [0.25, 0.3) is 0 Å². The van der Waals surface area contributed by atoms with Crippen LogP contribution in [0.5, 0.6) is 5.75 Å². The van der Waals surface area contributed by atoms with Gasteiger partial charge < -0.3 is 4.74 Å². The minimum absolute atomic E-state index is 0.311. The SMILES string of the molecule is Cc1cccc(CCl)c1OCc1cccnc1C#N. The zero-order chi connectivity index (χ0) is 13.7. The standard InChI is InChI=1S/C15H13ClN2O/c1-11-4-2-5-12(8-16)15(11)19-10-13-6-3-7-18-14(13)9-17/h2-7H,8,10H2,1H3. The van der Waals surface area contributed by atoms with Crippen LogP contribution in [0.15, 0.2) is 36.5 Å². The van der Waals surface area contributed by atoms with Crippen molar-refractivity contribution in [1.29, 1.82) is 5.26 Å². The van der Waals surface area contributed by atoms with E-state index in [4.69, 9.17) is 21.6 Å². The van der Waals surface area contributed by atoms with E-state index in [9.17, 15) is 0 Å². The first-order chi connectivity index (χ1) is 9.26. The fourth-order valence-corrected chi connectivity index (χ4v) is 2.04. The number of alkyl halides is 1. The largest absolute Gasteiger partial charge is 0.488 e. The van der Waals surface area contributed by atoms with E-state index in [-0.39, 0.29) is 0 Å². The Bertz CT molecular complexity index is 620. The van der Waals surface area contributed by atoms with Crippen molar-refractivity contribution in [3.05, 3.63) is 58.9 Å². The molecule has 0 aliphatic heterocycles. The number of para-hydroxylation sites is 1. The number of halogens is 1. The highest BCUT2D eigenvalue weighted by Crippen LogP contribution is 2.26. The summed E-state index contributed by atoms with van der Waals surface area (Å²) < 4.78 is 5.81. The van der Waals surface area contributed by atoms with E-state index in [0.29, 0.717) is 18.2 Å². The first-order valence-corrected chi connectivity index (χ1v) is 6.41. The highest BCUT2D eigenvalue weighted by atomic mass is 35.5. The van der Waals surface area contributed by atoms with Crippen molar-refractivity contribution in [2.45, 2.75) is 19.4 Å². The highest BCUT2D eigenvalue weighted by Gasteiger charge is 2.08. The zero-order valence-electron chi connectivity index (χ0n) is 10.6. The van der Waals surface area contributed by atoms with Gasteiger partial charge in [0.05, 0.1) is 5.88 Å². The lowest BCUT2D eigenvalue weighted by molar-refractivity contribution is 0.301. The van der Waals surface area contributed by atoms with Gasteiger partial charge in [0.1, 0.15) is 24.1 Å². The fourth-order valence-electron chi connectivity index (χ4n) is 1.83. The van der Waals surface area contributed by atoms with E-state index >= 15 is 0 Å². The van der Waals surface area contributed by atoms with Crippen molar-refractivity contribution in [3.8, 4) is 11.8 Å². The molecule has 1 heterocycles. The quantitative estimate of drug-likeness (QED) is 0.799. The second kappa shape index (κ2) is 6.21. The number of ether oxygens (including phenoxy) is 1. The highest BCUT2D eigenvalue weighted by molar-refractivity contribution is 6.17. The second-order valence-electron chi connectivity index (χ2n) is 4.11. The Morgan fingerprint density at radius 3 is 2.79 bits per heavy atom. The van der Waals surface area contributed by atoms with Crippen LogP contribution in [0.4, 0.5) is 0 Å². The monoisotopic (exact) mass is 272 g/mol. The zero-order valence-corrected chi connectivity index (χ0v) is 11.3. The second-order valence-corrected chi connectivity index (χ2v) is 4.38. The molecule has 0 aliphatic carbocycles. The molecule has 96 valence electrons. The molecule has 0 unspecified atom stereocenters. The van der Waals surface area contributed by atoms with E-state index in [1.165, 1.54) is 0 Å². The Balaban J connectivity index is 2.22. The van der Waals surface area contributed by atoms with Crippen molar-refractivity contribution in [2.75, 3.05) is 0 Å². The molecule has 0 fully saturated rings. The van der Waals surface area contributed by atoms with Crippen LogP contribution in [-0.4, -0.2) is 4.98 Å². The van der Waals surface area contributed by atoms with E-state index in [0.717, 1.165) is 22.4 Å². The minimum atomic E-state index is 0.311. The number of pyridine rings is 1. The lowest BCUT2D eigenvalue weighted by atomic mass is 10.1. The maximum Gasteiger partial charge on any atom is 0.147 e. The summed E-state index contributed by atoms with van der Waals surface area (Å²) in [4.78, 5) is 4.01. The molecule has 3 nitrogen and oxygen atoms in total. The number of aryl methyl sites for hydroxylation is 1. The number of rotatable bonds is 4. The third-order valence-corrected chi connectivity index (χ3v) is 3.09. The van der Waals surface area contributed by atoms with Crippen LogP contribution < -0.4 is 4.74 Å². The van der Waals surface area contributed by atoms with Gasteiger partial charge in [-0.3, -0.25) is 0 Å². The molecule has 2 rings (SSSR count). The Morgan fingerprint density at radius 1 is 1.26 bits per heavy atom. The topological polar surface area (TPSA) is 45.9 Å². The number of aromatic nitrogens is 1.